The van der Waals surface area contributed by atoms with Gasteiger partial charge in [0.15, 0.2) is 0 Å². The molecule has 1 N–H and O–H groups in total. The predicted octanol–water partition coefficient (Wildman–Crippen LogP) is 2.94. The van der Waals surface area contributed by atoms with E-state index in [0.717, 1.165) is 5.56 Å². The molecule has 0 spiro atoms. The van der Waals surface area contributed by atoms with Crippen LogP contribution in [0.15, 0.2) is 42.5 Å². The number of amides is 2. The van der Waals surface area contributed by atoms with Crippen LogP contribution in [0.3, 0.4) is 0 Å². The van der Waals surface area contributed by atoms with Gasteiger partial charge in [0.05, 0.1) is 5.92 Å². The smallest absolute Gasteiger partial charge is 0.227 e. The molecule has 1 atom stereocenters. The lowest BCUT2D eigenvalue weighted by molar-refractivity contribution is -0.126. The van der Waals surface area contributed by atoms with Crippen LogP contribution >= 0.6 is 0 Å². The zero-order chi connectivity index (χ0) is 18.0. The number of benzene rings is 2. The largest absolute Gasteiger partial charge is 0.352 e. The Morgan fingerprint density at radius 1 is 1.20 bits per heavy atom. The zero-order valence-electron chi connectivity index (χ0n) is 13.8. The molecule has 6 heteroatoms. The SMILES string of the molecule is Cc1ccc(N2C[C@@H](C(=O)NCc3ccc(F)cc3)CC2=O)cc1F. The molecule has 0 bridgehead atoms. The summed E-state index contributed by atoms with van der Waals surface area (Å²) in [5, 5.41) is 2.76. The fourth-order valence-electron chi connectivity index (χ4n) is 2.82. The van der Waals surface area contributed by atoms with Gasteiger partial charge < -0.3 is 10.2 Å². The van der Waals surface area contributed by atoms with Gasteiger partial charge in [0, 0.05) is 25.2 Å². The van der Waals surface area contributed by atoms with E-state index in [-0.39, 0.29) is 43.0 Å². The van der Waals surface area contributed by atoms with Crippen molar-refractivity contribution in [2.24, 2.45) is 5.92 Å². The molecular formula is C19H18F2N2O2. The molecule has 0 unspecified atom stereocenters. The minimum absolute atomic E-state index is 0.0880. The van der Waals surface area contributed by atoms with E-state index in [2.05, 4.69) is 5.32 Å². The Morgan fingerprint density at radius 3 is 2.60 bits per heavy atom. The molecule has 0 saturated carbocycles. The second-order valence-corrected chi connectivity index (χ2v) is 6.18. The Kier molecular flexibility index (Phi) is 4.79. The molecule has 3 rings (SSSR count). The van der Waals surface area contributed by atoms with Crippen LogP contribution in [0.2, 0.25) is 0 Å². The number of aryl methyl sites for hydroxylation is 1. The first-order valence-electron chi connectivity index (χ1n) is 8.02. The molecule has 25 heavy (non-hydrogen) atoms. The van der Waals surface area contributed by atoms with E-state index in [1.165, 1.54) is 23.1 Å². The van der Waals surface area contributed by atoms with Crippen LogP contribution in [0.1, 0.15) is 17.5 Å². The van der Waals surface area contributed by atoms with Crippen molar-refractivity contribution in [3.8, 4) is 0 Å². The average Bonchev–Trinajstić information content (AvgIpc) is 2.98. The molecule has 1 fully saturated rings. The summed E-state index contributed by atoms with van der Waals surface area (Å²) in [5.41, 5.74) is 1.74. The van der Waals surface area contributed by atoms with E-state index < -0.39 is 5.92 Å². The van der Waals surface area contributed by atoms with Crippen LogP contribution < -0.4 is 10.2 Å². The number of nitrogens with zero attached hydrogens (tertiary/aromatic N) is 1. The first-order valence-corrected chi connectivity index (χ1v) is 8.02. The lowest BCUT2D eigenvalue weighted by atomic mass is 10.1. The summed E-state index contributed by atoms with van der Waals surface area (Å²) in [6.45, 7) is 2.14. The summed E-state index contributed by atoms with van der Waals surface area (Å²) in [5.74, 6) is -1.65. The molecule has 2 aromatic carbocycles. The van der Waals surface area contributed by atoms with Gasteiger partial charge in [-0.3, -0.25) is 9.59 Å². The Labute approximate surface area is 144 Å². The number of carbonyl (C=O) groups excluding carboxylic acids is 2. The maximum atomic E-state index is 13.7. The third-order valence-corrected chi connectivity index (χ3v) is 4.34. The summed E-state index contributed by atoms with van der Waals surface area (Å²) >= 11 is 0. The van der Waals surface area contributed by atoms with Crippen molar-refractivity contribution in [3.63, 3.8) is 0 Å². The fourth-order valence-corrected chi connectivity index (χ4v) is 2.82. The summed E-state index contributed by atoms with van der Waals surface area (Å²) in [4.78, 5) is 25.9. The monoisotopic (exact) mass is 344 g/mol. The predicted molar refractivity (Wildman–Crippen MR) is 89.8 cm³/mol. The van der Waals surface area contributed by atoms with Crippen molar-refractivity contribution in [1.82, 2.24) is 5.32 Å². The minimum atomic E-state index is -0.489. The maximum Gasteiger partial charge on any atom is 0.227 e. The topological polar surface area (TPSA) is 49.4 Å². The number of rotatable bonds is 4. The average molecular weight is 344 g/mol. The summed E-state index contributed by atoms with van der Waals surface area (Å²) in [7, 11) is 0. The molecule has 2 amide bonds. The van der Waals surface area contributed by atoms with Crippen molar-refractivity contribution in [2.75, 3.05) is 11.4 Å². The molecule has 1 saturated heterocycles. The number of hydrogen-bond acceptors (Lipinski definition) is 2. The van der Waals surface area contributed by atoms with Gasteiger partial charge in [-0.25, -0.2) is 8.78 Å². The number of hydrogen-bond donors (Lipinski definition) is 1. The number of anilines is 1. The number of halogens is 2. The van der Waals surface area contributed by atoms with Gasteiger partial charge >= 0.3 is 0 Å². The molecule has 0 aromatic heterocycles. The van der Waals surface area contributed by atoms with Crippen LogP contribution in [0.4, 0.5) is 14.5 Å². The van der Waals surface area contributed by atoms with E-state index >= 15 is 0 Å². The lowest BCUT2D eigenvalue weighted by Crippen LogP contribution is -2.32. The molecule has 2 aromatic rings. The second kappa shape index (κ2) is 7.01. The first kappa shape index (κ1) is 17.1. The normalized spacial score (nSPS) is 17.0. The van der Waals surface area contributed by atoms with Crippen LogP contribution in [-0.4, -0.2) is 18.4 Å². The lowest BCUT2D eigenvalue weighted by Gasteiger charge is -2.17. The minimum Gasteiger partial charge on any atom is -0.352 e. The van der Waals surface area contributed by atoms with Gasteiger partial charge in [-0.1, -0.05) is 18.2 Å². The third-order valence-electron chi connectivity index (χ3n) is 4.34. The van der Waals surface area contributed by atoms with Crippen molar-refractivity contribution in [3.05, 3.63) is 65.2 Å². The Hall–Kier alpha value is -2.76. The standard InChI is InChI=1S/C19H18F2N2O2/c1-12-2-7-16(9-17(12)21)23-11-14(8-18(23)24)19(25)22-10-13-3-5-15(20)6-4-13/h2-7,9,14H,8,10-11H2,1H3,(H,22,25)/t14-/m0/s1. The number of carbonyl (C=O) groups is 2. The van der Waals surface area contributed by atoms with Gasteiger partial charge in [0.25, 0.3) is 0 Å². The highest BCUT2D eigenvalue weighted by molar-refractivity contribution is 6.00. The highest BCUT2D eigenvalue weighted by Gasteiger charge is 2.35. The van der Waals surface area contributed by atoms with Crippen LogP contribution in [0.25, 0.3) is 0 Å². The molecule has 0 aliphatic carbocycles. The molecule has 130 valence electrons. The van der Waals surface area contributed by atoms with Crippen LogP contribution in [0.5, 0.6) is 0 Å². The van der Waals surface area contributed by atoms with Gasteiger partial charge in [-0.2, -0.15) is 0 Å². The van der Waals surface area contributed by atoms with Gasteiger partial charge in [-0.15, -0.1) is 0 Å². The summed E-state index contributed by atoms with van der Waals surface area (Å²) < 4.78 is 26.6. The Bertz CT molecular complexity index is 806. The molecule has 1 heterocycles. The van der Waals surface area contributed by atoms with E-state index in [4.69, 9.17) is 0 Å². The molecule has 1 aliphatic heterocycles. The third kappa shape index (κ3) is 3.84. The molecule has 1 aliphatic rings. The fraction of sp³-hybridized carbons (Fsp3) is 0.263. The summed E-state index contributed by atoms with van der Waals surface area (Å²) in [6, 6.07) is 10.4. The van der Waals surface area contributed by atoms with Crippen LogP contribution in [0, 0.1) is 24.5 Å². The van der Waals surface area contributed by atoms with E-state index in [0.29, 0.717) is 11.3 Å². The molecule has 4 nitrogen and oxygen atoms in total. The van der Waals surface area contributed by atoms with Gasteiger partial charge in [0.1, 0.15) is 11.6 Å². The quantitative estimate of drug-likeness (QED) is 0.927. The summed E-state index contributed by atoms with van der Waals surface area (Å²) in [6.07, 6.45) is 0.0880. The van der Waals surface area contributed by atoms with Gasteiger partial charge in [0.2, 0.25) is 11.8 Å². The van der Waals surface area contributed by atoms with Crippen molar-refractivity contribution in [2.45, 2.75) is 19.9 Å². The van der Waals surface area contributed by atoms with E-state index in [1.807, 2.05) is 0 Å². The highest BCUT2D eigenvalue weighted by atomic mass is 19.1. The molecule has 0 radical (unpaired) electrons. The van der Waals surface area contributed by atoms with Gasteiger partial charge in [-0.05, 0) is 42.3 Å². The van der Waals surface area contributed by atoms with Crippen LogP contribution in [-0.2, 0) is 16.1 Å². The van der Waals surface area contributed by atoms with Crippen molar-refractivity contribution >= 4 is 17.5 Å². The van der Waals surface area contributed by atoms with E-state index in [9.17, 15) is 18.4 Å². The zero-order valence-corrected chi connectivity index (χ0v) is 13.8. The molecular weight excluding hydrogens is 326 g/mol. The van der Waals surface area contributed by atoms with Crippen molar-refractivity contribution in [1.29, 1.82) is 0 Å². The maximum absolute atomic E-state index is 13.7. The Balaban J connectivity index is 1.62. The first-order chi connectivity index (χ1) is 11.9. The Morgan fingerprint density at radius 2 is 1.92 bits per heavy atom. The number of nitrogens with one attached hydrogen (secondary N) is 1. The van der Waals surface area contributed by atoms with E-state index in [1.54, 1.807) is 31.2 Å². The highest BCUT2D eigenvalue weighted by Crippen LogP contribution is 2.26. The second-order valence-electron chi connectivity index (χ2n) is 6.18. The van der Waals surface area contributed by atoms with Crippen molar-refractivity contribution < 1.29 is 18.4 Å².